The van der Waals surface area contributed by atoms with Crippen LogP contribution in [0.2, 0.25) is 0 Å². The molecule has 0 aliphatic rings. The Balaban J connectivity index is 1.75. The highest BCUT2D eigenvalue weighted by Gasteiger charge is 2.17. The van der Waals surface area contributed by atoms with Gasteiger partial charge < -0.3 is 14.5 Å². The molecule has 134 valence electrons. The lowest BCUT2D eigenvalue weighted by Crippen LogP contribution is -2.41. The number of nitrogens with one attached hydrogen (secondary N) is 3. The molecule has 2 aromatic carbocycles. The molecule has 0 saturated heterocycles. The number of carbonyl (C=O) groups excluding carboxylic acids is 2. The molecule has 0 aliphatic heterocycles. The van der Waals surface area contributed by atoms with Crippen LogP contribution in [0.15, 0.2) is 42.6 Å². The third-order valence-electron chi connectivity index (χ3n) is 3.84. The molecule has 7 nitrogen and oxygen atoms in total. The fourth-order valence-corrected chi connectivity index (χ4v) is 3.22. The van der Waals surface area contributed by atoms with Crippen LogP contribution in [0.1, 0.15) is 20.7 Å². The molecule has 0 unspecified atom stereocenters. The van der Waals surface area contributed by atoms with Crippen molar-refractivity contribution in [2.24, 2.45) is 0 Å². The number of fused-ring (bicyclic) bond motifs is 1. The van der Waals surface area contributed by atoms with Crippen molar-refractivity contribution < 1.29 is 19.1 Å². The number of ether oxygens (including phenoxy) is 2. The fraction of sp³-hybridized carbons (Fsp3) is 0.111. The maximum atomic E-state index is 12.4. The van der Waals surface area contributed by atoms with Crippen molar-refractivity contribution in [2.45, 2.75) is 0 Å². The van der Waals surface area contributed by atoms with Gasteiger partial charge in [-0.2, -0.15) is 0 Å². The first kappa shape index (κ1) is 18.1. The number of hydrogen-bond donors (Lipinski definition) is 3. The van der Waals surface area contributed by atoms with Crippen molar-refractivity contribution in [3.63, 3.8) is 0 Å². The summed E-state index contributed by atoms with van der Waals surface area (Å²) in [6.45, 7) is 0. The van der Waals surface area contributed by atoms with E-state index < -0.39 is 11.8 Å². The molecule has 0 bridgehead atoms. The minimum absolute atomic E-state index is 0.363. The van der Waals surface area contributed by atoms with E-state index >= 15 is 0 Å². The summed E-state index contributed by atoms with van der Waals surface area (Å²) in [5.74, 6) is 0.0899. The SMILES string of the molecule is COc1cc(I)c(C(=O)NNC(=O)c2c[nH]c3ccccc23)cc1OC. The van der Waals surface area contributed by atoms with Gasteiger partial charge in [-0.15, -0.1) is 0 Å². The maximum absolute atomic E-state index is 12.4. The molecule has 3 N–H and O–H groups in total. The zero-order valence-electron chi connectivity index (χ0n) is 14.1. The van der Waals surface area contributed by atoms with Crippen LogP contribution in [0.3, 0.4) is 0 Å². The quantitative estimate of drug-likeness (QED) is 0.408. The molecule has 0 atom stereocenters. The number of aromatic amines is 1. The topological polar surface area (TPSA) is 92.5 Å². The van der Waals surface area contributed by atoms with Crippen molar-refractivity contribution >= 4 is 45.3 Å². The Morgan fingerprint density at radius 3 is 2.27 bits per heavy atom. The van der Waals surface area contributed by atoms with Gasteiger partial charge in [0.2, 0.25) is 0 Å². The number of amides is 2. The molecule has 3 aromatic rings. The van der Waals surface area contributed by atoms with Gasteiger partial charge in [-0.05, 0) is 40.8 Å². The number of carbonyl (C=O) groups is 2. The highest BCUT2D eigenvalue weighted by atomic mass is 127. The van der Waals surface area contributed by atoms with Crippen LogP contribution in [0.25, 0.3) is 10.9 Å². The summed E-state index contributed by atoms with van der Waals surface area (Å²) in [6.07, 6.45) is 1.60. The van der Waals surface area contributed by atoms with Crippen molar-refractivity contribution in [3.05, 3.63) is 57.3 Å². The molecule has 0 fully saturated rings. The zero-order chi connectivity index (χ0) is 18.7. The Morgan fingerprint density at radius 2 is 1.58 bits per heavy atom. The lowest BCUT2D eigenvalue weighted by Gasteiger charge is -2.12. The molecule has 1 aromatic heterocycles. The second-order valence-corrected chi connectivity index (χ2v) is 6.51. The van der Waals surface area contributed by atoms with Crippen LogP contribution in [-0.2, 0) is 0 Å². The average molecular weight is 465 g/mol. The first-order valence-electron chi connectivity index (χ1n) is 7.63. The summed E-state index contributed by atoms with van der Waals surface area (Å²) < 4.78 is 11.1. The number of hydrazine groups is 1. The fourth-order valence-electron chi connectivity index (χ4n) is 2.54. The molecule has 0 radical (unpaired) electrons. The van der Waals surface area contributed by atoms with Crippen LogP contribution in [-0.4, -0.2) is 31.0 Å². The van der Waals surface area contributed by atoms with Gasteiger partial charge in [0.05, 0.1) is 25.3 Å². The Labute approximate surface area is 163 Å². The Kier molecular flexibility index (Phi) is 5.31. The minimum atomic E-state index is -0.455. The third kappa shape index (κ3) is 3.45. The highest BCUT2D eigenvalue weighted by molar-refractivity contribution is 14.1. The van der Waals surface area contributed by atoms with Crippen LogP contribution in [0.5, 0.6) is 11.5 Å². The van der Waals surface area contributed by atoms with E-state index in [1.807, 2.05) is 46.9 Å². The number of hydrogen-bond acceptors (Lipinski definition) is 4. The number of para-hydroxylation sites is 1. The lowest BCUT2D eigenvalue weighted by atomic mass is 10.1. The number of H-pyrrole nitrogens is 1. The molecule has 0 saturated carbocycles. The summed E-state index contributed by atoms with van der Waals surface area (Å²) in [6, 6.07) is 10.7. The van der Waals surface area contributed by atoms with E-state index in [1.54, 1.807) is 18.3 Å². The largest absolute Gasteiger partial charge is 0.493 e. The van der Waals surface area contributed by atoms with Crippen molar-refractivity contribution in [1.29, 1.82) is 0 Å². The predicted molar refractivity (Wildman–Crippen MR) is 105 cm³/mol. The second kappa shape index (κ2) is 7.65. The van der Waals surface area contributed by atoms with E-state index in [0.29, 0.717) is 26.2 Å². The summed E-state index contributed by atoms with van der Waals surface area (Å²) in [5.41, 5.74) is 6.52. The third-order valence-corrected chi connectivity index (χ3v) is 4.73. The van der Waals surface area contributed by atoms with E-state index in [2.05, 4.69) is 15.8 Å². The predicted octanol–water partition coefficient (Wildman–Crippen LogP) is 2.86. The molecule has 26 heavy (non-hydrogen) atoms. The van der Waals surface area contributed by atoms with Crippen LogP contribution >= 0.6 is 22.6 Å². The summed E-state index contributed by atoms with van der Waals surface area (Å²) in [4.78, 5) is 27.8. The molecule has 0 aliphatic carbocycles. The van der Waals surface area contributed by atoms with Crippen LogP contribution in [0.4, 0.5) is 0 Å². The molecular formula is C18H16IN3O4. The van der Waals surface area contributed by atoms with Gasteiger partial charge in [0, 0.05) is 20.7 Å². The zero-order valence-corrected chi connectivity index (χ0v) is 16.2. The number of methoxy groups -OCH3 is 2. The van der Waals surface area contributed by atoms with E-state index in [9.17, 15) is 9.59 Å². The summed E-state index contributed by atoms with van der Waals surface area (Å²) in [5, 5.41) is 0.778. The number of aromatic nitrogens is 1. The number of benzene rings is 2. The van der Waals surface area contributed by atoms with Crippen LogP contribution < -0.4 is 20.3 Å². The lowest BCUT2D eigenvalue weighted by molar-refractivity contribution is 0.0847. The highest BCUT2D eigenvalue weighted by Crippen LogP contribution is 2.31. The van der Waals surface area contributed by atoms with Crippen molar-refractivity contribution in [1.82, 2.24) is 15.8 Å². The van der Waals surface area contributed by atoms with E-state index in [4.69, 9.17) is 9.47 Å². The number of rotatable bonds is 4. The second-order valence-electron chi connectivity index (χ2n) is 5.34. The van der Waals surface area contributed by atoms with Gasteiger partial charge in [0.15, 0.2) is 11.5 Å². The Hall–Kier alpha value is -2.75. The Bertz CT molecular complexity index is 984. The van der Waals surface area contributed by atoms with Gasteiger partial charge in [0.1, 0.15) is 0 Å². The molecule has 2 amide bonds. The van der Waals surface area contributed by atoms with Crippen LogP contribution in [0, 0.1) is 3.57 Å². The van der Waals surface area contributed by atoms with Crippen molar-refractivity contribution in [2.75, 3.05) is 14.2 Å². The standard InChI is InChI=1S/C18H16IN3O4/c1-25-15-7-11(13(19)8-16(15)26-2)17(23)21-22-18(24)12-9-20-14-6-4-3-5-10(12)14/h3-9,20H,1-2H3,(H,21,23)(H,22,24). The van der Waals surface area contributed by atoms with E-state index in [-0.39, 0.29) is 0 Å². The Morgan fingerprint density at radius 1 is 0.962 bits per heavy atom. The van der Waals surface area contributed by atoms with Gasteiger partial charge >= 0.3 is 0 Å². The maximum Gasteiger partial charge on any atom is 0.271 e. The first-order valence-corrected chi connectivity index (χ1v) is 8.71. The van der Waals surface area contributed by atoms with Gasteiger partial charge in [-0.3, -0.25) is 20.4 Å². The number of halogens is 1. The van der Waals surface area contributed by atoms with Gasteiger partial charge in [0.25, 0.3) is 11.8 Å². The monoisotopic (exact) mass is 465 g/mol. The minimum Gasteiger partial charge on any atom is -0.493 e. The van der Waals surface area contributed by atoms with Crippen molar-refractivity contribution in [3.8, 4) is 11.5 Å². The molecule has 3 rings (SSSR count). The smallest absolute Gasteiger partial charge is 0.271 e. The van der Waals surface area contributed by atoms with Gasteiger partial charge in [-0.25, -0.2) is 0 Å². The van der Waals surface area contributed by atoms with E-state index in [1.165, 1.54) is 14.2 Å². The molecule has 1 heterocycles. The summed E-state index contributed by atoms with van der Waals surface area (Å²) >= 11 is 2.02. The van der Waals surface area contributed by atoms with Gasteiger partial charge in [-0.1, -0.05) is 18.2 Å². The molecule has 8 heteroatoms. The molecular weight excluding hydrogens is 449 g/mol. The molecule has 0 spiro atoms. The summed E-state index contributed by atoms with van der Waals surface area (Å²) in [7, 11) is 3.01. The average Bonchev–Trinajstić information content (AvgIpc) is 3.09. The van der Waals surface area contributed by atoms with E-state index in [0.717, 1.165) is 10.9 Å². The first-order chi connectivity index (χ1) is 12.5. The normalized spacial score (nSPS) is 10.4.